The molecule has 0 aliphatic heterocycles. The minimum absolute atomic E-state index is 0.171. The topological polar surface area (TPSA) is 80.4 Å². The van der Waals surface area contributed by atoms with Crippen molar-refractivity contribution >= 4 is 11.8 Å². The highest BCUT2D eigenvalue weighted by atomic mass is 16.3. The van der Waals surface area contributed by atoms with Gasteiger partial charge in [0.15, 0.2) is 5.76 Å². The van der Waals surface area contributed by atoms with Crippen LogP contribution in [0.3, 0.4) is 0 Å². The smallest absolute Gasteiger partial charge is 0.287 e. The van der Waals surface area contributed by atoms with Gasteiger partial charge in [0.2, 0.25) is 5.91 Å². The summed E-state index contributed by atoms with van der Waals surface area (Å²) in [6, 6.07) is 22.0. The maximum Gasteiger partial charge on any atom is 0.287 e. The predicted molar refractivity (Wildman–Crippen MR) is 130 cm³/mol. The largest absolute Gasteiger partial charge is 0.459 e. The molecule has 2 aromatic carbocycles. The Morgan fingerprint density at radius 1 is 1.00 bits per heavy atom. The molecule has 0 unspecified atom stereocenters. The van der Waals surface area contributed by atoms with Crippen molar-refractivity contribution in [1.29, 1.82) is 0 Å². The first-order valence-electron chi connectivity index (χ1n) is 11.2. The summed E-state index contributed by atoms with van der Waals surface area (Å²) in [5.41, 5.74) is 4.74. The SMILES string of the molecule is Cc1nn(-c2ccccc2)c(C)c1CN(C)C(=O)[C@H](Cc1ccccc1)NC(=O)c1ccco1. The number of likely N-dealkylation sites (N-methyl/N-ethyl adjacent to an activating group) is 1. The summed E-state index contributed by atoms with van der Waals surface area (Å²) < 4.78 is 7.10. The first kappa shape index (κ1) is 23.0. The summed E-state index contributed by atoms with van der Waals surface area (Å²) in [4.78, 5) is 27.8. The van der Waals surface area contributed by atoms with Gasteiger partial charge in [-0.3, -0.25) is 9.59 Å². The van der Waals surface area contributed by atoms with Crippen LogP contribution in [0.15, 0.2) is 83.5 Å². The molecule has 0 spiro atoms. The molecule has 0 aliphatic carbocycles. The molecule has 0 aliphatic rings. The summed E-state index contributed by atoms with van der Waals surface area (Å²) in [6.07, 6.45) is 1.81. The number of nitrogens with zero attached hydrogens (tertiary/aromatic N) is 3. The lowest BCUT2D eigenvalue weighted by atomic mass is 10.0. The van der Waals surface area contributed by atoms with Crippen LogP contribution in [-0.2, 0) is 17.8 Å². The van der Waals surface area contributed by atoms with Crippen molar-refractivity contribution in [1.82, 2.24) is 20.0 Å². The van der Waals surface area contributed by atoms with Gasteiger partial charge in [0, 0.05) is 31.3 Å². The van der Waals surface area contributed by atoms with Gasteiger partial charge in [-0.05, 0) is 43.7 Å². The van der Waals surface area contributed by atoms with Gasteiger partial charge in [0.05, 0.1) is 17.6 Å². The fourth-order valence-corrected chi connectivity index (χ4v) is 3.99. The molecule has 0 radical (unpaired) electrons. The molecule has 34 heavy (non-hydrogen) atoms. The van der Waals surface area contributed by atoms with Gasteiger partial charge in [-0.25, -0.2) is 4.68 Å². The number of furan rings is 1. The molecule has 174 valence electrons. The van der Waals surface area contributed by atoms with Crippen molar-refractivity contribution in [2.45, 2.75) is 32.9 Å². The van der Waals surface area contributed by atoms with Crippen LogP contribution in [0.2, 0.25) is 0 Å². The van der Waals surface area contributed by atoms with Gasteiger partial charge in [-0.15, -0.1) is 0 Å². The van der Waals surface area contributed by atoms with Gasteiger partial charge >= 0.3 is 0 Å². The molecular weight excluding hydrogens is 428 g/mol. The first-order chi connectivity index (χ1) is 16.4. The van der Waals surface area contributed by atoms with Crippen LogP contribution in [0.5, 0.6) is 0 Å². The zero-order valence-electron chi connectivity index (χ0n) is 19.6. The van der Waals surface area contributed by atoms with Crippen LogP contribution in [0, 0.1) is 13.8 Å². The Labute approximate surface area is 199 Å². The van der Waals surface area contributed by atoms with Crippen LogP contribution in [0.4, 0.5) is 0 Å². The summed E-state index contributed by atoms with van der Waals surface area (Å²) >= 11 is 0. The lowest BCUT2D eigenvalue weighted by molar-refractivity contribution is -0.132. The van der Waals surface area contributed by atoms with E-state index in [4.69, 9.17) is 4.42 Å². The fraction of sp³-hybridized carbons (Fsp3) is 0.222. The number of amides is 2. The number of hydrogen-bond donors (Lipinski definition) is 1. The Morgan fingerprint density at radius 2 is 1.68 bits per heavy atom. The van der Waals surface area contributed by atoms with E-state index in [1.165, 1.54) is 6.26 Å². The van der Waals surface area contributed by atoms with Gasteiger partial charge < -0.3 is 14.6 Å². The molecule has 1 atom stereocenters. The van der Waals surface area contributed by atoms with E-state index in [2.05, 4.69) is 10.4 Å². The second kappa shape index (κ2) is 10.2. The number of para-hydroxylation sites is 1. The molecule has 4 rings (SSSR count). The van der Waals surface area contributed by atoms with E-state index in [1.807, 2.05) is 79.2 Å². The number of rotatable bonds is 8. The normalized spacial score (nSPS) is 11.7. The van der Waals surface area contributed by atoms with E-state index in [-0.39, 0.29) is 11.7 Å². The van der Waals surface area contributed by atoms with Crippen LogP contribution in [-0.4, -0.2) is 39.6 Å². The molecule has 0 fully saturated rings. The number of nitrogens with one attached hydrogen (secondary N) is 1. The standard InChI is InChI=1S/C27H28N4O3/c1-19-23(20(2)31(29-19)22-13-8-5-9-14-22)18-30(3)27(33)24(17-21-11-6-4-7-12-21)28-26(32)25-15-10-16-34-25/h4-16,24H,17-18H2,1-3H3,(H,28,32)/t24-/m0/s1. The van der Waals surface area contributed by atoms with Crippen molar-refractivity contribution in [3.05, 3.63) is 107 Å². The van der Waals surface area contributed by atoms with Crippen molar-refractivity contribution in [2.75, 3.05) is 7.05 Å². The fourth-order valence-electron chi connectivity index (χ4n) is 3.99. The van der Waals surface area contributed by atoms with Crippen LogP contribution >= 0.6 is 0 Å². The van der Waals surface area contributed by atoms with Crippen molar-refractivity contribution in [2.24, 2.45) is 0 Å². The number of carbonyl (C=O) groups excluding carboxylic acids is 2. The number of hydrogen-bond acceptors (Lipinski definition) is 4. The second-order valence-corrected chi connectivity index (χ2v) is 8.28. The van der Waals surface area contributed by atoms with Gasteiger partial charge in [0.1, 0.15) is 6.04 Å². The van der Waals surface area contributed by atoms with E-state index in [0.29, 0.717) is 13.0 Å². The van der Waals surface area contributed by atoms with Crippen molar-refractivity contribution in [3.63, 3.8) is 0 Å². The highest BCUT2D eigenvalue weighted by Crippen LogP contribution is 2.20. The summed E-state index contributed by atoms with van der Waals surface area (Å²) in [5, 5.41) is 7.53. The highest BCUT2D eigenvalue weighted by Gasteiger charge is 2.27. The van der Waals surface area contributed by atoms with E-state index >= 15 is 0 Å². The quantitative estimate of drug-likeness (QED) is 0.433. The van der Waals surface area contributed by atoms with Gasteiger partial charge in [-0.2, -0.15) is 5.10 Å². The van der Waals surface area contributed by atoms with Crippen molar-refractivity contribution in [3.8, 4) is 5.69 Å². The van der Waals surface area contributed by atoms with E-state index < -0.39 is 11.9 Å². The Hall–Kier alpha value is -4.13. The molecular formula is C27H28N4O3. The van der Waals surface area contributed by atoms with Crippen molar-refractivity contribution < 1.29 is 14.0 Å². The average Bonchev–Trinajstić information content (AvgIpc) is 3.49. The molecule has 0 bridgehead atoms. The molecule has 0 saturated heterocycles. The number of aryl methyl sites for hydroxylation is 1. The third-order valence-electron chi connectivity index (χ3n) is 5.84. The second-order valence-electron chi connectivity index (χ2n) is 8.28. The van der Waals surface area contributed by atoms with Gasteiger partial charge in [-0.1, -0.05) is 48.5 Å². The summed E-state index contributed by atoms with van der Waals surface area (Å²) in [5.74, 6) is -0.434. The maximum atomic E-state index is 13.5. The molecule has 2 aromatic heterocycles. The number of aromatic nitrogens is 2. The zero-order valence-corrected chi connectivity index (χ0v) is 19.6. The molecule has 2 heterocycles. The Balaban J connectivity index is 1.55. The lowest BCUT2D eigenvalue weighted by Gasteiger charge is -2.25. The minimum Gasteiger partial charge on any atom is -0.459 e. The average molecular weight is 457 g/mol. The molecule has 7 nitrogen and oxygen atoms in total. The Morgan fingerprint density at radius 3 is 2.32 bits per heavy atom. The molecule has 4 aromatic rings. The summed E-state index contributed by atoms with van der Waals surface area (Å²) in [6.45, 7) is 4.33. The zero-order chi connectivity index (χ0) is 24.1. The van der Waals surface area contributed by atoms with Crippen LogP contribution < -0.4 is 5.32 Å². The Kier molecular flexibility index (Phi) is 6.92. The van der Waals surface area contributed by atoms with E-state index in [1.54, 1.807) is 24.1 Å². The van der Waals surface area contributed by atoms with Crippen LogP contribution in [0.1, 0.15) is 33.1 Å². The van der Waals surface area contributed by atoms with E-state index in [0.717, 1.165) is 28.2 Å². The third kappa shape index (κ3) is 5.09. The summed E-state index contributed by atoms with van der Waals surface area (Å²) in [7, 11) is 1.75. The highest BCUT2D eigenvalue weighted by molar-refractivity contribution is 5.95. The van der Waals surface area contributed by atoms with Crippen LogP contribution in [0.25, 0.3) is 5.69 Å². The molecule has 1 N–H and O–H groups in total. The first-order valence-corrected chi connectivity index (χ1v) is 11.2. The van der Waals surface area contributed by atoms with E-state index in [9.17, 15) is 9.59 Å². The predicted octanol–water partition coefficient (Wildman–Crippen LogP) is 4.08. The lowest BCUT2D eigenvalue weighted by Crippen LogP contribution is -2.48. The third-order valence-corrected chi connectivity index (χ3v) is 5.84. The molecule has 2 amide bonds. The minimum atomic E-state index is -0.741. The Bertz CT molecular complexity index is 1250. The van der Waals surface area contributed by atoms with Gasteiger partial charge in [0.25, 0.3) is 5.91 Å². The monoisotopic (exact) mass is 456 g/mol. The number of carbonyl (C=O) groups is 2. The maximum absolute atomic E-state index is 13.5. The molecule has 7 heteroatoms. The number of benzene rings is 2. The molecule has 0 saturated carbocycles.